The van der Waals surface area contributed by atoms with Crippen LogP contribution in [0.3, 0.4) is 0 Å². The number of rotatable bonds is 2. The number of carbonyl (C=O) groups excluding carboxylic acids is 3. The van der Waals surface area contributed by atoms with Crippen LogP contribution >= 0.6 is 0 Å². The minimum atomic E-state index is -0.406. The van der Waals surface area contributed by atoms with Crippen LogP contribution in [-0.2, 0) is 9.53 Å². The van der Waals surface area contributed by atoms with Crippen molar-refractivity contribution in [1.82, 2.24) is 0 Å². The quantitative estimate of drug-likeness (QED) is 0.858. The fourth-order valence-corrected chi connectivity index (χ4v) is 1.83. The second kappa shape index (κ2) is 4.44. The molecule has 1 aromatic rings. The summed E-state index contributed by atoms with van der Waals surface area (Å²) in [5.41, 5.74) is 0.769. The average Bonchev–Trinajstić information content (AvgIpc) is 2.33. The molecule has 0 unspecified atom stereocenters. The van der Waals surface area contributed by atoms with E-state index in [4.69, 9.17) is 4.74 Å². The first kappa shape index (κ1) is 12.0. The number of hydrogen-bond acceptors (Lipinski definition) is 4. The van der Waals surface area contributed by atoms with Crippen LogP contribution in [0.15, 0.2) is 30.0 Å². The van der Waals surface area contributed by atoms with Gasteiger partial charge in [0, 0.05) is 18.6 Å². The van der Waals surface area contributed by atoms with Gasteiger partial charge in [-0.3, -0.25) is 14.4 Å². The standard InChI is InChI=1S/C13H11NO4/c1-7(15)14-9-5-3-4-8-10(16)6-11(18-2)13(17)12(8)9/h3-6H,1-2H3,(H,14,15). The highest BCUT2D eigenvalue weighted by atomic mass is 16.5. The van der Waals surface area contributed by atoms with Crippen molar-refractivity contribution >= 4 is 23.2 Å². The summed E-state index contributed by atoms with van der Waals surface area (Å²) >= 11 is 0. The molecule has 0 spiro atoms. The van der Waals surface area contributed by atoms with Crippen molar-refractivity contribution in [2.75, 3.05) is 12.4 Å². The number of anilines is 1. The highest BCUT2D eigenvalue weighted by Gasteiger charge is 2.29. The zero-order valence-corrected chi connectivity index (χ0v) is 9.94. The molecule has 0 bridgehead atoms. The molecule has 18 heavy (non-hydrogen) atoms. The number of fused-ring (bicyclic) bond motifs is 1. The number of ether oxygens (including phenoxy) is 1. The van der Waals surface area contributed by atoms with E-state index < -0.39 is 5.78 Å². The van der Waals surface area contributed by atoms with Crippen molar-refractivity contribution in [2.24, 2.45) is 0 Å². The molecule has 0 heterocycles. The number of hydrogen-bond donors (Lipinski definition) is 1. The molecular formula is C13H11NO4. The molecule has 0 saturated carbocycles. The lowest BCUT2D eigenvalue weighted by molar-refractivity contribution is -0.114. The van der Waals surface area contributed by atoms with E-state index in [0.29, 0.717) is 5.69 Å². The third-order valence-electron chi connectivity index (χ3n) is 2.57. The molecule has 1 amide bonds. The molecule has 92 valence electrons. The molecule has 1 aliphatic rings. The second-order valence-electron chi connectivity index (χ2n) is 3.82. The largest absolute Gasteiger partial charge is 0.492 e. The fraction of sp³-hybridized carbons (Fsp3) is 0.154. The van der Waals surface area contributed by atoms with Crippen LogP contribution < -0.4 is 5.32 Å². The van der Waals surface area contributed by atoms with Crippen LogP contribution in [0.25, 0.3) is 0 Å². The monoisotopic (exact) mass is 245 g/mol. The van der Waals surface area contributed by atoms with Crippen LogP contribution in [0.5, 0.6) is 0 Å². The summed E-state index contributed by atoms with van der Waals surface area (Å²) in [6, 6.07) is 4.73. The number of benzene rings is 1. The maximum atomic E-state index is 12.1. The summed E-state index contributed by atoms with van der Waals surface area (Å²) in [7, 11) is 1.32. The Bertz CT molecular complexity index is 587. The third kappa shape index (κ3) is 1.90. The summed E-state index contributed by atoms with van der Waals surface area (Å²) in [5, 5.41) is 2.53. The lowest BCUT2D eigenvalue weighted by Crippen LogP contribution is -2.21. The van der Waals surface area contributed by atoms with Crippen LogP contribution in [0, 0.1) is 0 Å². The number of methoxy groups -OCH3 is 1. The molecule has 1 N–H and O–H groups in total. The zero-order chi connectivity index (χ0) is 13.3. The average molecular weight is 245 g/mol. The first-order valence-corrected chi connectivity index (χ1v) is 5.30. The Morgan fingerprint density at radius 1 is 1.28 bits per heavy atom. The van der Waals surface area contributed by atoms with E-state index in [-0.39, 0.29) is 28.6 Å². The van der Waals surface area contributed by atoms with Crippen molar-refractivity contribution in [3.8, 4) is 0 Å². The smallest absolute Gasteiger partial charge is 0.230 e. The first-order chi connectivity index (χ1) is 8.54. The Balaban J connectivity index is 2.60. The highest BCUT2D eigenvalue weighted by molar-refractivity contribution is 6.26. The van der Waals surface area contributed by atoms with Gasteiger partial charge in [0.1, 0.15) is 0 Å². The Morgan fingerprint density at radius 3 is 2.61 bits per heavy atom. The van der Waals surface area contributed by atoms with Gasteiger partial charge in [-0.05, 0) is 6.07 Å². The van der Waals surface area contributed by atoms with Gasteiger partial charge in [-0.2, -0.15) is 0 Å². The van der Waals surface area contributed by atoms with E-state index in [0.717, 1.165) is 6.08 Å². The van der Waals surface area contributed by atoms with Crippen molar-refractivity contribution in [3.63, 3.8) is 0 Å². The normalized spacial score (nSPS) is 13.8. The Morgan fingerprint density at radius 2 is 2.00 bits per heavy atom. The van der Waals surface area contributed by atoms with Crippen molar-refractivity contribution in [1.29, 1.82) is 0 Å². The van der Waals surface area contributed by atoms with Gasteiger partial charge in [-0.1, -0.05) is 12.1 Å². The number of ketones is 2. The number of Topliss-reactive ketones (excluding diaryl/α,β-unsaturated/α-hetero) is 1. The number of carbonyl (C=O) groups is 3. The Hall–Kier alpha value is -2.43. The van der Waals surface area contributed by atoms with Crippen molar-refractivity contribution in [2.45, 2.75) is 6.92 Å². The number of amides is 1. The van der Waals surface area contributed by atoms with Gasteiger partial charge in [-0.25, -0.2) is 0 Å². The van der Waals surface area contributed by atoms with Gasteiger partial charge in [0.15, 0.2) is 11.5 Å². The first-order valence-electron chi connectivity index (χ1n) is 5.30. The summed E-state index contributed by atoms with van der Waals surface area (Å²) in [6.07, 6.45) is 1.15. The van der Waals surface area contributed by atoms with Crippen LogP contribution in [-0.4, -0.2) is 24.6 Å². The predicted molar refractivity (Wildman–Crippen MR) is 64.5 cm³/mol. The Labute approximate surface area is 103 Å². The lowest BCUT2D eigenvalue weighted by Gasteiger charge is -2.17. The van der Waals surface area contributed by atoms with Crippen LogP contribution in [0.4, 0.5) is 5.69 Å². The lowest BCUT2D eigenvalue weighted by atomic mass is 9.92. The topological polar surface area (TPSA) is 72.5 Å². The minimum absolute atomic E-state index is 0.0229. The number of nitrogens with one attached hydrogen (secondary N) is 1. The third-order valence-corrected chi connectivity index (χ3v) is 2.57. The molecule has 0 aromatic heterocycles. The highest BCUT2D eigenvalue weighted by Crippen LogP contribution is 2.28. The second-order valence-corrected chi connectivity index (χ2v) is 3.82. The summed E-state index contributed by atoms with van der Waals surface area (Å²) in [4.78, 5) is 35.0. The van der Waals surface area contributed by atoms with E-state index in [1.54, 1.807) is 18.2 Å². The van der Waals surface area contributed by atoms with Crippen LogP contribution in [0.1, 0.15) is 27.6 Å². The molecular weight excluding hydrogens is 234 g/mol. The zero-order valence-electron chi connectivity index (χ0n) is 9.94. The molecule has 0 aliphatic heterocycles. The summed E-state index contributed by atoms with van der Waals surface area (Å²) in [6.45, 7) is 1.33. The maximum Gasteiger partial charge on any atom is 0.230 e. The molecule has 0 radical (unpaired) electrons. The fourth-order valence-electron chi connectivity index (χ4n) is 1.83. The molecule has 2 rings (SSSR count). The van der Waals surface area contributed by atoms with E-state index in [9.17, 15) is 14.4 Å². The van der Waals surface area contributed by atoms with Gasteiger partial charge in [-0.15, -0.1) is 0 Å². The molecule has 1 aromatic carbocycles. The minimum Gasteiger partial charge on any atom is -0.492 e. The molecule has 5 nitrogen and oxygen atoms in total. The van der Waals surface area contributed by atoms with Crippen LogP contribution in [0.2, 0.25) is 0 Å². The van der Waals surface area contributed by atoms with Gasteiger partial charge >= 0.3 is 0 Å². The Kier molecular flexibility index (Phi) is 2.97. The maximum absolute atomic E-state index is 12.1. The summed E-state index contributed by atoms with van der Waals surface area (Å²) < 4.78 is 4.87. The predicted octanol–water partition coefficient (Wildman–Crippen LogP) is 1.55. The van der Waals surface area contributed by atoms with Crippen molar-refractivity contribution in [3.05, 3.63) is 41.2 Å². The molecule has 0 saturated heterocycles. The molecule has 0 fully saturated rings. The van der Waals surface area contributed by atoms with Gasteiger partial charge in [0.25, 0.3) is 0 Å². The van der Waals surface area contributed by atoms with E-state index in [1.165, 1.54) is 14.0 Å². The number of allylic oxidation sites excluding steroid dienone is 2. The summed E-state index contributed by atoms with van der Waals surface area (Å²) in [5.74, 6) is -1.05. The van der Waals surface area contributed by atoms with Gasteiger partial charge < -0.3 is 10.1 Å². The van der Waals surface area contributed by atoms with E-state index >= 15 is 0 Å². The van der Waals surface area contributed by atoms with Gasteiger partial charge in [0.2, 0.25) is 11.7 Å². The van der Waals surface area contributed by atoms with Gasteiger partial charge in [0.05, 0.1) is 18.4 Å². The van der Waals surface area contributed by atoms with Crippen molar-refractivity contribution < 1.29 is 19.1 Å². The van der Waals surface area contributed by atoms with E-state index in [1.807, 2.05) is 0 Å². The SMILES string of the molecule is COC1=CC(=O)c2cccc(NC(C)=O)c2C1=O. The molecule has 5 heteroatoms. The molecule has 0 atom stereocenters. The van der Waals surface area contributed by atoms with E-state index in [2.05, 4.69) is 5.32 Å². The molecule has 1 aliphatic carbocycles.